The zero-order chi connectivity index (χ0) is 17.9. The van der Waals surface area contributed by atoms with E-state index < -0.39 is 44.7 Å². The first-order valence-electron chi connectivity index (χ1n) is 6.28. The minimum atomic E-state index is -2.74. The van der Waals surface area contributed by atoms with Crippen LogP contribution in [0.15, 0.2) is 33.2 Å². The fourth-order valence-electron chi connectivity index (χ4n) is 1.63. The zero-order valence-electron chi connectivity index (χ0n) is 11.7. The molecule has 0 fully saturated rings. The lowest BCUT2D eigenvalue weighted by Gasteiger charge is -2.02. The molecule has 0 aliphatic heterocycles. The van der Waals surface area contributed by atoms with Gasteiger partial charge in [-0.3, -0.25) is 0 Å². The summed E-state index contributed by atoms with van der Waals surface area (Å²) in [4.78, 5) is 0. The molecule has 10 heteroatoms. The van der Waals surface area contributed by atoms with Gasteiger partial charge in [0.15, 0.2) is 0 Å². The SMILES string of the molecule is O=[P+](OCc1cc(F)c(Br)cc1F)OCc1cc(F)c(Br)cc1F. The van der Waals surface area contributed by atoms with E-state index in [1.165, 1.54) is 0 Å². The van der Waals surface area contributed by atoms with Crippen LogP contribution in [0.2, 0.25) is 0 Å². The van der Waals surface area contributed by atoms with Gasteiger partial charge in [-0.05, 0) is 56.1 Å². The number of halogens is 6. The van der Waals surface area contributed by atoms with E-state index in [-0.39, 0.29) is 20.1 Å². The summed E-state index contributed by atoms with van der Waals surface area (Å²) >= 11 is 5.64. The Balaban J connectivity index is 1.93. The molecule has 0 aromatic heterocycles. The van der Waals surface area contributed by atoms with Gasteiger partial charge in [0.1, 0.15) is 36.5 Å². The third kappa shape index (κ3) is 5.07. The van der Waals surface area contributed by atoms with E-state index in [9.17, 15) is 22.1 Å². The second-order valence-electron chi connectivity index (χ2n) is 4.49. The average Bonchev–Trinajstić information content (AvgIpc) is 2.51. The molecule has 0 spiro atoms. The van der Waals surface area contributed by atoms with Crippen LogP contribution in [0.3, 0.4) is 0 Å². The molecule has 0 radical (unpaired) electrons. The monoisotopic (exact) mass is 489 g/mol. The molecule has 0 N–H and O–H groups in total. The lowest BCUT2D eigenvalue weighted by atomic mass is 10.2. The molecule has 0 unspecified atom stereocenters. The topological polar surface area (TPSA) is 35.5 Å². The predicted molar refractivity (Wildman–Crippen MR) is 85.3 cm³/mol. The van der Waals surface area contributed by atoms with E-state index in [4.69, 9.17) is 9.05 Å². The second-order valence-corrected chi connectivity index (χ2v) is 7.16. The molecule has 3 nitrogen and oxygen atoms in total. The molecule has 0 atom stereocenters. The van der Waals surface area contributed by atoms with Crippen molar-refractivity contribution in [1.29, 1.82) is 0 Å². The van der Waals surface area contributed by atoms with Gasteiger partial charge in [0.25, 0.3) is 0 Å². The Kier molecular flexibility index (Phi) is 6.88. The molecule has 0 amide bonds. The maximum Gasteiger partial charge on any atom is 0.698 e. The lowest BCUT2D eigenvalue weighted by Crippen LogP contribution is -1.97. The summed E-state index contributed by atoms with van der Waals surface area (Å²) in [6.07, 6.45) is 0. The fourth-order valence-corrected chi connectivity index (χ4v) is 2.82. The van der Waals surface area contributed by atoms with Gasteiger partial charge in [-0.1, -0.05) is 0 Å². The van der Waals surface area contributed by atoms with Crippen LogP contribution in [0.5, 0.6) is 0 Å². The number of hydrogen-bond acceptors (Lipinski definition) is 3. The van der Waals surface area contributed by atoms with Crippen LogP contribution in [0.1, 0.15) is 11.1 Å². The van der Waals surface area contributed by atoms with Crippen LogP contribution < -0.4 is 0 Å². The normalized spacial score (nSPS) is 10.9. The van der Waals surface area contributed by atoms with Crippen molar-refractivity contribution in [3.05, 3.63) is 67.6 Å². The molecule has 128 valence electrons. The average molecular weight is 491 g/mol. The van der Waals surface area contributed by atoms with Gasteiger partial charge in [0.05, 0.1) is 8.95 Å². The van der Waals surface area contributed by atoms with Crippen molar-refractivity contribution in [2.75, 3.05) is 0 Å². The van der Waals surface area contributed by atoms with E-state index in [0.717, 1.165) is 24.3 Å². The lowest BCUT2D eigenvalue weighted by molar-refractivity contribution is 0.208. The van der Waals surface area contributed by atoms with Gasteiger partial charge in [-0.15, -0.1) is 9.05 Å². The molecular weight excluding hydrogens is 483 g/mol. The highest BCUT2D eigenvalue weighted by atomic mass is 79.9. The standard InChI is InChI=1S/C14H8Br2F4O3P/c15-9-3-11(17)7(1-13(9)19)5-22-24(21)23-6-8-2-14(20)10(16)4-12(8)18/h1-4H,5-6H2/q+1. The van der Waals surface area contributed by atoms with Gasteiger partial charge in [0.2, 0.25) is 0 Å². The van der Waals surface area contributed by atoms with Gasteiger partial charge in [0, 0.05) is 15.7 Å². The first kappa shape index (κ1) is 19.5. The molecule has 0 saturated carbocycles. The largest absolute Gasteiger partial charge is 0.698 e. The van der Waals surface area contributed by atoms with Crippen molar-refractivity contribution in [3.8, 4) is 0 Å². The quantitative estimate of drug-likeness (QED) is 0.276. The van der Waals surface area contributed by atoms with Crippen LogP contribution in [0.25, 0.3) is 0 Å². The first-order valence-corrected chi connectivity index (χ1v) is 8.96. The maximum atomic E-state index is 13.6. The Morgan fingerprint density at radius 1 is 0.750 bits per heavy atom. The van der Waals surface area contributed by atoms with Crippen LogP contribution in [0, 0.1) is 23.3 Å². The highest BCUT2D eigenvalue weighted by Gasteiger charge is 2.23. The summed E-state index contributed by atoms with van der Waals surface area (Å²) in [7, 11) is -2.74. The maximum absolute atomic E-state index is 13.6. The molecule has 0 heterocycles. The molecule has 2 aromatic carbocycles. The highest BCUT2D eigenvalue weighted by molar-refractivity contribution is 9.10. The molecule has 0 aliphatic rings. The molecule has 0 aliphatic carbocycles. The number of benzene rings is 2. The van der Waals surface area contributed by atoms with Gasteiger partial charge < -0.3 is 0 Å². The Labute approximate surface area is 152 Å². The van der Waals surface area contributed by atoms with E-state index in [0.29, 0.717) is 0 Å². The van der Waals surface area contributed by atoms with Gasteiger partial charge in [-0.25, -0.2) is 17.6 Å². The minimum absolute atomic E-state index is 0.0582. The van der Waals surface area contributed by atoms with Gasteiger partial charge >= 0.3 is 8.25 Å². The summed E-state index contributed by atoms with van der Waals surface area (Å²) < 4.78 is 74.7. The fraction of sp³-hybridized carbons (Fsp3) is 0.143. The number of rotatable bonds is 6. The third-order valence-corrected chi connectivity index (χ3v) is 4.72. The Morgan fingerprint density at radius 3 is 1.50 bits per heavy atom. The van der Waals surface area contributed by atoms with Crippen LogP contribution in [-0.4, -0.2) is 0 Å². The van der Waals surface area contributed by atoms with Crippen LogP contribution >= 0.6 is 40.1 Å². The van der Waals surface area contributed by atoms with Crippen molar-refractivity contribution in [2.24, 2.45) is 0 Å². The molecular formula is C14H8Br2F4O3P+. The molecule has 0 saturated heterocycles. The third-order valence-electron chi connectivity index (χ3n) is 2.83. The number of hydrogen-bond donors (Lipinski definition) is 0. The van der Waals surface area contributed by atoms with E-state index in [1.807, 2.05) is 0 Å². The van der Waals surface area contributed by atoms with Crippen molar-refractivity contribution in [1.82, 2.24) is 0 Å². The molecule has 2 aromatic rings. The smallest absolute Gasteiger partial charge is 0.207 e. The minimum Gasteiger partial charge on any atom is -0.207 e. The summed E-state index contributed by atoms with van der Waals surface area (Å²) in [5.74, 6) is -2.93. The van der Waals surface area contributed by atoms with E-state index in [1.54, 1.807) is 0 Å². The van der Waals surface area contributed by atoms with E-state index in [2.05, 4.69) is 31.9 Å². The molecule has 0 bridgehead atoms. The molecule has 2 rings (SSSR count). The Bertz CT molecular complexity index is 726. The Hall–Kier alpha value is -0.860. The van der Waals surface area contributed by atoms with Crippen LogP contribution in [0.4, 0.5) is 17.6 Å². The summed E-state index contributed by atoms with van der Waals surface area (Å²) in [6.45, 7) is -1.02. The van der Waals surface area contributed by atoms with Crippen molar-refractivity contribution in [2.45, 2.75) is 13.2 Å². The summed E-state index contributed by atoms with van der Waals surface area (Å²) in [6, 6.07) is 3.57. The second kappa shape index (κ2) is 8.49. The van der Waals surface area contributed by atoms with Crippen molar-refractivity contribution >= 4 is 40.1 Å². The first-order chi connectivity index (χ1) is 11.3. The summed E-state index contributed by atoms with van der Waals surface area (Å²) in [5.41, 5.74) is -0.327. The van der Waals surface area contributed by atoms with Crippen molar-refractivity contribution in [3.63, 3.8) is 0 Å². The highest BCUT2D eigenvalue weighted by Crippen LogP contribution is 2.30. The van der Waals surface area contributed by atoms with Crippen LogP contribution in [-0.2, 0) is 26.8 Å². The van der Waals surface area contributed by atoms with Gasteiger partial charge in [-0.2, -0.15) is 0 Å². The zero-order valence-corrected chi connectivity index (χ0v) is 15.7. The predicted octanol–water partition coefficient (Wildman–Crippen LogP) is 6.16. The molecule has 24 heavy (non-hydrogen) atoms. The van der Waals surface area contributed by atoms with Crippen molar-refractivity contribution < 1.29 is 31.2 Å². The van der Waals surface area contributed by atoms with E-state index >= 15 is 0 Å². The summed E-state index contributed by atoms with van der Waals surface area (Å²) in [5, 5.41) is 0. The Morgan fingerprint density at radius 2 is 1.12 bits per heavy atom.